The average Bonchev–Trinajstić information content (AvgIpc) is 2.68. The van der Waals surface area contributed by atoms with Crippen molar-refractivity contribution in [3.05, 3.63) is 60.7 Å². The summed E-state index contributed by atoms with van der Waals surface area (Å²) in [6.45, 7) is 1.33. The monoisotopic (exact) mass is 407 g/mol. The fraction of sp³-hybridized carbons (Fsp3) is 0.263. The van der Waals surface area contributed by atoms with Crippen molar-refractivity contribution in [1.82, 2.24) is 4.90 Å². The summed E-state index contributed by atoms with van der Waals surface area (Å²) in [7, 11) is -2.79. The van der Waals surface area contributed by atoms with Crippen molar-refractivity contribution in [1.29, 1.82) is 0 Å². The highest BCUT2D eigenvalue weighted by molar-refractivity contribution is 7.54. The highest BCUT2D eigenvalue weighted by Gasteiger charge is 2.35. The molecule has 150 valence electrons. The maximum Gasteiger partial charge on any atom is 0.450 e. The summed E-state index contributed by atoms with van der Waals surface area (Å²) in [6, 6.07) is 16.8. The van der Waals surface area contributed by atoms with Crippen molar-refractivity contribution < 1.29 is 32.7 Å². The van der Waals surface area contributed by atoms with Crippen LogP contribution >= 0.6 is 7.60 Å². The molecule has 9 heteroatoms. The number of esters is 1. The molecule has 0 aliphatic heterocycles. The third kappa shape index (κ3) is 6.63. The molecule has 0 saturated carbocycles. The zero-order valence-electron chi connectivity index (χ0n) is 15.6. The maximum atomic E-state index is 13.5. The van der Waals surface area contributed by atoms with Gasteiger partial charge in [-0.1, -0.05) is 36.4 Å². The van der Waals surface area contributed by atoms with E-state index in [0.29, 0.717) is 11.5 Å². The number of rotatable bonds is 9. The van der Waals surface area contributed by atoms with Crippen LogP contribution in [-0.4, -0.2) is 43.5 Å². The van der Waals surface area contributed by atoms with Crippen molar-refractivity contribution in [2.75, 3.05) is 26.5 Å². The predicted molar refractivity (Wildman–Crippen MR) is 102 cm³/mol. The molecular formula is C19H22NO7P. The highest BCUT2D eigenvalue weighted by atomic mass is 31.2. The van der Waals surface area contributed by atoms with E-state index in [1.807, 2.05) is 0 Å². The molecule has 0 spiro atoms. The van der Waals surface area contributed by atoms with Crippen LogP contribution in [0.15, 0.2) is 60.7 Å². The van der Waals surface area contributed by atoms with E-state index >= 15 is 0 Å². The van der Waals surface area contributed by atoms with Crippen LogP contribution in [0.3, 0.4) is 0 Å². The average molecular weight is 407 g/mol. The number of nitrogens with zero attached hydrogens (tertiary/aromatic N) is 1. The van der Waals surface area contributed by atoms with Crippen LogP contribution in [0.5, 0.6) is 11.5 Å². The number of carbonyl (C=O) groups is 2. The summed E-state index contributed by atoms with van der Waals surface area (Å²) in [5.41, 5.74) is 0. The summed E-state index contributed by atoms with van der Waals surface area (Å²) >= 11 is 0. The first-order chi connectivity index (χ1) is 13.5. The molecule has 0 aromatic heterocycles. The number of methoxy groups -OCH3 is 1. The van der Waals surface area contributed by atoms with Gasteiger partial charge in [0.2, 0.25) is 0 Å². The molecule has 0 radical (unpaired) electrons. The zero-order valence-corrected chi connectivity index (χ0v) is 16.5. The Balaban J connectivity index is 2.28. The van der Waals surface area contributed by atoms with Crippen molar-refractivity contribution in [3.8, 4) is 11.5 Å². The smallest absolute Gasteiger partial charge is 0.450 e. The predicted octanol–water partition coefficient (Wildman–Crippen LogP) is 3.93. The number of hydrogen-bond acceptors (Lipinski definition) is 7. The molecule has 0 aliphatic carbocycles. The first-order valence-corrected chi connectivity index (χ1v) is 10.3. The number of ether oxygens (including phenoxy) is 2. The molecule has 8 nitrogen and oxygen atoms in total. The van der Waals surface area contributed by atoms with E-state index in [1.54, 1.807) is 67.6 Å². The lowest BCUT2D eigenvalue weighted by Crippen LogP contribution is -2.38. The van der Waals surface area contributed by atoms with Gasteiger partial charge in [0.25, 0.3) is 0 Å². The zero-order chi connectivity index (χ0) is 20.4. The first kappa shape index (κ1) is 21.3. The van der Waals surface area contributed by atoms with Crippen LogP contribution < -0.4 is 9.05 Å². The van der Waals surface area contributed by atoms with Crippen molar-refractivity contribution >= 4 is 19.7 Å². The summed E-state index contributed by atoms with van der Waals surface area (Å²) in [5, 5.41) is 0. The Morgan fingerprint density at radius 1 is 0.929 bits per heavy atom. The van der Waals surface area contributed by atoms with Gasteiger partial charge in [0, 0.05) is 0 Å². The summed E-state index contributed by atoms with van der Waals surface area (Å²) in [6.07, 6.45) is -1.37. The van der Waals surface area contributed by atoms with E-state index in [1.165, 1.54) is 0 Å². The van der Waals surface area contributed by atoms with E-state index in [9.17, 15) is 14.2 Å². The van der Waals surface area contributed by atoms with Gasteiger partial charge in [-0.25, -0.2) is 9.36 Å². The van der Waals surface area contributed by atoms with E-state index in [4.69, 9.17) is 13.8 Å². The van der Waals surface area contributed by atoms with Gasteiger partial charge in [-0.3, -0.25) is 9.69 Å². The number of amides is 1. The van der Waals surface area contributed by atoms with Crippen LogP contribution in [0.1, 0.15) is 6.92 Å². The molecule has 0 bridgehead atoms. The second-order valence-electron chi connectivity index (χ2n) is 5.53. The molecule has 2 rings (SSSR count). The molecule has 0 N–H and O–H groups in total. The Kier molecular flexibility index (Phi) is 7.89. The van der Waals surface area contributed by atoms with Crippen LogP contribution in [0.25, 0.3) is 0 Å². The Morgan fingerprint density at radius 3 is 1.86 bits per heavy atom. The molecule has 1 amide bonds. The van der Waals surface area contributed by atoms with Crippen LogP contribution in [0.4, 0.5) is 4.79 Å². The second kappa shape index (κ2) is 10.4. The molecule has 0 heterocycles. The van der Waals surface area contributed by atoms with Gasteiger partial charge >= 0.3 is 19.7 Å². The Hall–Kier alpha value is -2.99. The van der Waals surface area contributed by atoms with Crippen molar-refractivity contribution in [3.63, 3.8) is 0 Å². The van der Waals surface area contributed by atoms with Crippen LogP contribution in [0, 0.1) is 0 Å². The number of carbonyl (C=O) groups excluding carboxylic acids is 2. The summed E-state index contributed by atoms with van der Waals surface area (Å²) in [4.78, 5) is 24.9. The minimum atomic E-state index is -3.94. The summed E-state index contributed by atoms with van der Waals surface area (Å²) in [5.74, 6) is -0.0793. The lowest BCUT2D eigenvalue weighted by molar-refractivity contribution is -0.143. The van der Waals surface area contributed by atoms with Crippen molar-refractivity contribution in [2.45, 2.75) is 6.92 Å². The maximum absolute atomic E-state index is 13.5. The standard InChI is InChI=1S/C19H22NO7P/c1-3-25-18(21)14-20(19(22)24-2)15-28(23,26-16-10-6-4-7-11-16)27-17-12-8-5-9-13-17/h4-13H,3,14-15H2,1-2H3. The van der Waals surface area contributed by atoms with Gasteiger partial charge in [0.1, 0.15) is 24.3 Å². The Bertz CT molecular complexity index is 768. The van der Waals surface area contributed by atoms with Gasteiger partial charge in [0.05, 0.1) is 13.7 Å². The molecular weight excluding hydrogens is 385 g/mol. The minimum absolute atomic E-state index is 0.145. The molecule has 28 heavy (non-hydrogen) atoms. The molecule has 2 aromatic carbocycles. The van der Waals surface area contributed by atoms with Crippen molar-refractivity contribution in [2.24, 2.45) is 0 Å². The normalized spacial score (nSPS) is 10.6. The van der Waals surface area contributed by atoms with Gasteiger partial charge in [-0.15, -0.1) is 0 Å². The van der Waals surface area contributed by atoms with Crippen LogP contribution in [-0.2, 0) is 18.8 Å². The lowest BCUT2D eigenvalue weighted by atomic mass is 10.3. The summed E-state index contributed by atoms with van der Waals surface area (Å²) < 4.78 is 34.2. The molecule has 2 aromatic rings. The van der Waals surface area contributed by atoms with Gasteiger partial charge < -0.3 is 18.5 Å². The fourth-order valence-electron chi connectivity index (χ4n) is 2.23. The number of para-hydroxylation sites is 2. The van der Waals surface area contributed by atoms with E-state index in [2.05, 4.69) is 4.74 Å². The second-order valence-corrected chi connectivity index (χ2v) is 7.40. The highest BCUT2D eigenvalue weighted by Crippen LogP contribution is 2.49. The quantitative estimate of drug-likeness (QED) is 0.459. The fourth-order valence-corrected chi connectivity index (χ4v) is 3.91. The van der Waals surface area contributed by atoms with Crippen LogP contribution in [0.2, 0.25) is 0 Å². The van der Waals surface area contributed by atoms with E-state index < -0.39 is 32.5 Å². The SMILES string of the molecule is CCOC(=O)CN(CP(=O)(Oc1ccccc1)Oc1ccccc1)C(=O)OC. The van der Waals surface area contributed by atoms with Gasteiger partial charge in [0.15, 0.2) is 0 Å². The Labute approximate surface area is 163 Å². The molecule has 0 fully saturated rings. The van der Waals surface area contributed by atoms with E-state index in [-0.39, 0.29) is 6.61 Å². The molecule has 0 saturated heterocycles. The molecule has 0 unspecified atom stereocenters. The largest absolute Gasteiger partial charge is 0.465 e. The molecule has 0 atom stereocenters. The minimum Gasteiger partial charge on any atom is -0.465 e. The van der Waals surface area contributed by atoms with E-state index in [0.717, 1.165) is 12.0 Å². The lowest BCUT2D eigenvalue weighted by Gasteiger charge is -2.26. The third-order valence-electron chi connectivity index (χ3n) is 3.38. The number of hydrogen-bond donors (Lipinski definition) is 0. The molecule has 0 aliphatic rings. The Morgan fingerprint density at radius 2 is 1.43 bits per heavy atom. The number of benzene rings is 2. The first-order valence-electron chi connectivity index (χ1n) is 8.52. The van der Waals surface area contributed by atoms with Gasteiger partial charge in [-0.05, 0) is 31.2 Å². The van der Waals surface area contributed by atoms with Gasteiger partial charge in [-0.2, -0.15) is 0 Å². The third-order valence-corrected chi connectivity index (χ3v) is 5.04. The topological polar surface area (TPSA) is 91.4 Å².